The lowest BCUT2D eigenvalue weighted by Gasteiger charge is -2.38. The lowest BCUT2D eigenvalue weighted by molar-refractivity contribution is -0.275. The number of hydrogen-bond donors (Lipinski definition) is 2. The molecule has 0 bridgehead atoms. The van der Waals surface area contributed by atoms with E-state index in [0.29, 0.717) is 38.3 Å². The van der Waals surface area contributed by atoms with Gasteiger partial charge >= 0.3 is 6.36 Å². The zero-order chi connectivity index (χ0) is 26.9. The van der Waals surface area contributed by atoms with Gasteiger partial charge in [-0.15, -0.1) is 13.2 Å². The summed E-state index contributed by atoms with van der Waals surface area (Å²) in [4.78, 5) is 26.0. The van der Waals surface area contributed by atoms with Crippen LogP contribution >= 0.6 is 0 Å². The number of carbonyl (C=O) groups excluding carboxylic acids is 1. The molecule has 0 radical (unpaired) electrons. The van der Waals surface area contributed by atoms with Crippen LogP contribution in [0.3, 0.4) is 0 Å². The van der Waals surface area contributed by atoms with Gasteiger partial charge in [-0.1, -0.05) is 26.8 Å². The summed E-state index contributed by atoms with van der Waals surface area (Å²) in [6, 6.07) is 3.17. The number of amides is 1. The number of piperazine rings is 1. The number of benzene rings is 1. The van der Waals surface area contributed by atoms with Crippen molar-refractivity contribution in [2.24, 2.45) is 0 Å². The third-order valence-corrected chi connectivity index (χ3v) is 6.78. The fourth-order valence-corrected chi connectivity index (χ4v) is 4.96. The van der Waals surface area contributed by atoms with Gasteiger partial charge in [-0.2, -0.15) is 0 Å². The number of aliphatic hydroxyl groups is 1. The molecule has 12 heteroatoms. The Kier molecular flexibility index (Phi) is 7.88. The lowest BCUT2D eigenvalue weighted by Crippen LogP contribution is -2.51. The van der Waals surface area contributed by atoms with E-state index < -0.39 is 30.0 Å². The van der Waals surface area contributed by atoms with Gasteiger partial charge in [0.2, 0.25) is 5.91 Å². The van der Waals surface area contributed by atoms with Crippen molar-refractivity contribution in [3.63, 3.8) is 0 Å². The molecule has 2 N–H and O–H groups in total. The van der Waals surface area contributed by atoms with E-state index in [-0.39, 0.29) is 30.0 Å². The van der Waals surface area contributed by atoms with Crippen LogP contribution in [0.1, 0.15) is 62.0 Å². The molecule has 4 rings (SSSR count). The van der Waals surface area contributed by atoms with Crippen LogP contribution in [-0.2, 0) is 4.79 Å². The quantitative estimate of drug-likeness (QED) is 0.535. The van der Waals surface area contributed by atoms with Crippen molar-refractivity contribution in [2.45, 2.75) is 57.5 Å². The summed E-state index contributed by atoms with van der Waals surface area (Å²) in [5.41, 5.74) is 1.85. The average molecular weight is 526 g/mol. The number of rotatable bonds is 7. The summed E-state index contributed by atoms with van der Waals surface area (Å²) in [5.74, 6) is -2.27. The maximum Gasteiger partial charge on any atom is 0.573 e. The van der Waals surface area contributed by atoms with Crippen LogP contribution in [0.2, 0.25) is 0 Å². The predicted molar refractivity (Wildman–Crippen MR) is 128 cm³/mol. The maximum absolute atomic E-state index is 14.4. The van der Waals surface area contributed by atoms with E-state index in [4.69, 9.17) is 0 Å². The molecule has 1 amide bonds. The Morgan fingerprint density at radius 1 is 1.22 bits per heavy atom. The largest absolute Gasteiger partial charge is 0.573 e. The van der Waals surface area contributed by atoms with Gasteiger partial charge in [-0.3, -0.25) is 4.79 Å². The molecule has 8 nitrogen and oxygen atoms in total. The molecule has 1 aromatic heterocycles. The van der Waals surface area contributed by atoms with Crippen LogP contribution in [0.5, 0.6) is 5.75 Å². The van der Waals surface area contributed by atoms with E-state index >= 15 is 0 Å². The number of halogens is 4. The number of fused-ring (bicyclic) bond motifs is 1. The molecule has 0 saturated carbocycles. The molecule has 0 unspecified atom stereocenters. The minimum atomic E-state index is -5.02. The van der Waals surface area contributed by atoms with Gasteiger partial charge in [0.1, 0.15) is 12.1 Å². The van der Waals surface area contributed by atoms with E-state index in [1.807, 2.05) is 20.8 Å². The molecule has 1 aliphatic heterocycles. The first-order valence-corrected chi connectivity index (χ1v) is 12.3. The molecule has 1 fully saturated rings. The number of anilines is 1. The summed E-state index contributed by atoms with van der Waals surface area (Å²) in [6.07, 6.45) is -3.60. The molecule has 1 aliphatic carbocycles. The Bertz CT molecular complexity index is 1120. The van der Waals surface area contributed by atoms with Crippen molar-refractivity contribution in [3.05, 3.63) is 47.2 Å². The van der Waals surface area contributed by atoms with E-state index in [1.54, 1.807) is 4.90 Å². The molecule has 1 aromatic carbocycles. The molecule has 0 spiro atoms. The van der Waals surface area contributed by atoms with E-state index in [9.17, 15) is 27.5 Å². The molecule has 2 aromatic rings. The summed E-state index contributed by atoms with van der Waals surface area (Å²) in [5, 5.41) is 13.5. The van der Waals surface area contributed by atoms with Crippen LogP contribution in [0, 0.1) is 5.82 Å². The van der Waals surface area contributed by atoms with Gasteiger partial charge in [0, 0.05) is 44.3 Å². The normalized spacial score (nSPS) is 20.8. The molecule has 2 heterocycles. The van der Waals surface area contributed by atoms with Gasteiger partial charge in [-0.05, 0) is 30.0 Å². The van der Waals surface area contributed by atoms with Crippen LogP contribution in [0.4, 0.5) is 23.4 Å². The van der Waals surface area contributed by atoms with Gasteiger partial charge in [0.05, 0.1) is 17.7 Å². The van der Waals surface area contributed by atoms with Gasteiger partial charge in [0.25, 0.3) is 0 Å². The number of nitrogens with one attached hydrogen (secondary N) is 1. The number of ether oxygens (including phenoxy) is 1. The second kappa shape index (κ2) is 10.8. The summed E-state index contributed by atoms with van der Waals surface area (Å²) >= 11 is 0. The van der Waals surface area contributed by atoms with Crippen molar-refractivity contribution < 1.29 is 32.2 Å². The summed E-state index contributed by atoms with van der Waals surface area (Å²) in [6.45, 7) is 7.83. The van der Waals surface area contributed by atoms with Gasteiger partial charge in [0.15, 0.2) is 11.6 Å². The zero-order valence-corrected chi connectivity index (χ0v) is 20.9. The summed E-state index contributed by atoms with van der Waals surface area (Å²) in [7, 11) is 0. The highest BCUT2D eigenvalue weighted by Crippen LogP contribution is 2.42. The highest BCUT2D eigenvalue weighted by molar-refractivity contribution is 5.84. The topological polar surface area (TPSA) is 90.8 Å². The first kappa shape index (κ1) is 27.1. The highest BCUT2D eigenvalue weighted by atomic mass is 19.4. The smallest absolute Gasteiger partial charge is 0.403 e. The Balaban J connectivity index is 1.49. The average Bonchev–Trinajstić information content (AvgIpc) is 3.13. The van der Waals surface area contributed by atoms with Crippen molar-refractivity contribution in [2.75, 3.05) is 37.6 Å². The van der Waals surface area contributed by atoms with Crippen LogP contribution < -0.4 is 15.0 Å². The molecular formula is C25H31F4N5O3. The van der Waals surface area contributed by atoms with E-state index in [0.717, 1.165) is 23.5 Å². The van der Waals surface area contributed by atoms with Crippen molar-refractivity contribution in [1.29, 1.82) is 0 Å². The number of carbonyl (C=O) groups is 1. The van der Waals surface area contributed by atoms with Crippen molar-refractivity contribution in [3.8, 4) is 5.75 Å². The molecular weight excluding hydrogens is 494 g/mol. The second-order valence-electron chi connectivity index (χ2n) is 9.81. The first-order valence-electron chi connectivity index (χ1n) is 12.3. The van der Waals surface area contributed by atoms with Crippen molar-refractivity contribution >= 4 is 11.7 Å². The van der Waals surface area contributed by atoms with Crippen LogP contribution in [0.25, 0.3) is 0 Å². The third kappa shape index (κ3) is 6.12. The van der Waals surface area contributed by atoms with E-state index in [2.05, 4.69) is 24.9 Å². The predicted octanol–water partition coefficient (Wildman–Crippen LogP) is 3.49. The van der Waals surface area contributed by atoms with Gasteiger partial charge < -0.3 is 25.0 Å². The minimum Gasteiger partial charge on any atom is -0.403 e. The number of aromatic nitrogens is 2. The first-order chi connectivity index (χ1) is 17.4. The highest BCUT2D eigenvalue weighted by Gasteiger charge is 2.36. The van der Waals surface area contributed by atoms with Crippen LogP contribution in [-0.4, -0.2) is 71.0 Å². The minimum absolute atomic E-state index is 0.0435. The lowest BCUT2D eigenvalue weighted by atomic mass is 9.96. The fraction of sp³-hybridized carbons (Fsp3) is 0.560. The Morgan fingerprint density at radius 3 is 2.54 bits per heavy atom. The molecule has 202 valence electrons. The Morgan fingerprint density at radius 2 is 1.92 bits per heavy atom. The molecule has 2 aliphatic rings. The summed E-state index contributed by atoms with van der Waals surface area (Å²) < 4.78 is 55.8. The molecule has 3 atom stereocenters. The number of nitrogens with zero attached hydrogens (tertiary/aromatic N) is 4. The number of hydrogen-bond acceptors (Lipinski definition) is 7. The van der Waals surface area contributed by atoms with Gasteiger partial charge in [-0.25, -0.2) is 14.4 Å². The zero-order valence-electron chi connectivity index (χ0n) is 20.9. The molecule has 1 saturated heterocycles. The Labute approximate surface area is 212 Å². The standard InChI is InChI=1S/C25H31F4N5O3/c1-14(2)30-12-17(16-4-5-20(18(26)11-16)37-25(27,28)29)24(36)34-8-6-33(7-9-34)23-21-15(3)10-19(35)22(21)31-13-32-23/h4-5,11,13-15,17,19,30,35H,6-10,12H2,1-3H3/t15-,17-,19-/m1/s1. The Hall–Kier alpha value is -2.99. The molecule has 37 heavy (non-hydrogen) atoms. The SMILES string of the molecule is CC(C)NC[C@@H](C(=O)N1CCN(c2ncnc3c2[C@H](C)C[C@H]3O)CC1)c1ccc(OC(F)(F)F)c(F)c1. The van der Waals surface area contributed by atoms with Crippen LogP contribution in [0.15, 0.2) is 24.5 Å². The second-order valence-corrected chi connectivity index (χ2v) is 9.81. The monoisotopic (exact) mass is 525 g/mol. The van der Waals surface area contributed by atoms with Crippen molar-refractivity contribution in [1.82, 2.24) is 20.2 Å². The van der Waals surface area contributed by atoms with E-state index in [1.165, 1.54) is 12.4 Å². The number of aliphatic hydroxyl groups excluding tert-OH is 1. The maximum atomic E-state index is 14.4. The third-order valence-electron chi connectivity index (χ3n) is 6.78. The fourth-order valence-electron chi connectivity index (χ4n) is 4.96. The number of alkyl halides is 3.